The Hall–Kier alpha value is -2.75. The smallest absolute Gasteiger partial charge is 0.118 e. The zero-order valence-corrected chi connectivity index (χ0v) is 18.4. The van der Waals surface area contributed by atoms with E-state index < -0.39 is 0 Å². The van der Waals surface area contributed by atoms with E-state index in [1.165, 1.54) is 0 Å². The van der Waals surface area contributed by atoms with Crippen molar-refractivity contribution in [2.75, 3.05) is 19.1 Å². The topological polar surface area (TPSA) is 24.8 Å². The second-order valence-corrected chi connectivity index (χ2v) is 8.07. The number of benzodiazepines with no additional fused rings is 1. The second kappa shape index (κ2) is 8.55. The minimum Gasteiger partial charge on any atom is -0.497 e. The lowest BCUT2D eigenvalue weighted by Gasteiger charge is -2.25. The first-order valence-electron chi connectivity index (χ1n) is 9.66. The number of likely N-dealkylation sites (N-methyl/N-ethyl adjacent to an activating group) is 1. The van der Waals surface area contributed by atoms with Crippen molar-refractivity contribution >= 4 is 34.6 Å². The van der Waals surface area contributed by atoms with E-state index in [1.807, 2.05) is 73.8 Å². The zero-order valence-electron chi connectivity index (χ0n) is 16.9. The van der Waals surface area contributed by atoms with Gasteiger partial charge < -0.3 is 9.64 Å². The number of benzene rings is 3. The van der Waals surface area contributed by atoms with Crippen LogP contribution in [0.3, 0.4) is 0 Å². The van der Waals surface area contributed by atoms with Crippen LogP contribution in [0, 0.1) is 0 Å². The highest BCUT2D eigenvalue weighted by Crippen LogP contribution is 2.34. The fraction of sp³-hybridized carbons (Fsp3) is 0.160. The van der Waals surface area contributed by atoms with Gasteiger partial charge in [0.15, 0.2) is 0 Å². The summed E-state index contributed by atoms with van der Waals surface area (Å²) in [6, 6.07) is 21.5. The van der Waals surface area contributed by atoms with Gasteiger partial charge in [0.1, 0.15) is 5.75 Å². The molecule has 4 rings (SSSR count). The van der Waals surface area contributed by atoms with Crippen LogP contribution in [0.4, 0.5) is 5.69 Å². The minimum atomic E-state index is -0.168. The van der Waals surface area contributed by atoms with Crippen molar-refractivity contribution in [1.82, 2.24) is 0 Å². The van der Waals surface area contributed by atoms with Crippen LogP contribution >= 0.6 is 23.2 Å². The lowest BCUT2D eigenvalue weighted by molar-refractivity contribution is 0.415. The van der Waals surface area contributed by atoms with Crippen LogP contribution in [0.5, 0.6) is 5.75 Å². The molecule has 1 atom stereocenters. The van der Waals surface area contributed by atoms with Gasteiger partial charge in [-0.2, -0.15) is 0 Å². The van der Waals surface area contributed by atoms with E-state index in [0.29, 0.717) is 11.4 Å². The molecule has 0 N–H and O–H groups in total. The summed E-state index contributed by atoms with van der Waals surface area (Å²) >= 11 is 12.8. The Morgan fingerprint density at radius 3 is 2.47 bits per heavy atom. The molecule has 3 aromatic carbocycles. The summed E-state index contributed by atoms with van der Waals surface area (Å²) in [7, 11) is 3.67. The molecule has 0 spiro atoms. The summed E-state index contributed by atoms with van der Waals surface area (Å²) < 4.78 is 5.32. The van der Waals surface area contributed by atoms with E-state index in [9.17, 15) is 0 Å². The number of ether oxygens (including phenoxy) is 1. The highest BCUT2D eigenvalue weighted by atomic mass is 35.5. The molecule has 0 saturated carbocycles. The maximum absolute atomic E-state index is 6.44. The van der Waals surface area contributed by atoms with Crippen LogP contribution in [-0.2, 0) is 6.42 Å². The average Bonchev–Trinajstić information content (AvgIpc) is 2.86. The summed E-state index contributed by atoms with van der Waals surface area (Å²) in [5.41, 5.74) is 5.80. The summed E-state index contributed by atoms with van der Waals surface area (Å²) in [4.78, 5) is 7.26. The van der Waals surface area contributed by atoms with Gasteiger partial charge in [-0.15, -0.1) is 0 Å². The van der Waals surface area contributed by atoms with Crippen LogP contribution in [0.25, 0.3) is 0 Å². The Balaban J connectivity index is 1.87. The van der Waals surface area contributed by atoms with E-state index in [4.69, 9.17) is 32.9 Å². The van der Waals surface area contributed by atoms with Crippen molar-refractivity contribution < 1.29 is 4.74 Å². The van der Waals surface area contributed by atoms with Gasteiger partial charge in [0.2, 0.25) is 0 Å². The molecule has 30 heavy (non-hydrogen) atoms. The van der Waals surface area contributed by atoms with Crippen LogP contribution < -0.4 is 9.64 Å². The lowest BCUT2D eigenvalue weighted by atomic mass is 10.00. The molecule has 0 radical (unpaired) electrons. The summed E-state index contributed by atoms with van der Waals surface area (Å²) in [6.45, 7) is 4.36. The molecule has 3 nitrogen and oxygen atoms in total. The minimum absolute atomic E-state index is 0.168. The predicted molar refractivity (Wildman–Crippen MR) is 127 cm³/mol. The fourth-order valence-electron chi connectivity index (χ4n) is 3.68. The van der Waals surface area contributed by atoms with Crippen LogP contribution in [0.2, 0.25) is 10.0 Å². The highest BCUT2D eigenvalue weighted by Gasteiger charge is 2.27. The number of anilines is 1. The molecule has 0 aliphatic carbocycles. The Kier molecular flexibility index (Phi) is 5.85. The van der Waals surface area contributed by atoms with Crippen molar-refractivity contribution in [3.8, 4) is 5.75 Å². The maximum Gasteiger partial charge on any atom is 0.118 e. The molecule has 5 heteroatoms. The van der Waals surface area contributed by atoms with Crippen LogP contribution in [0.15, 0.2) is 84.0 Å². The quantitative estimate of drug-likeness (QED) is 0.471. The van der Waals surface area contributed by atoms with Gasteiger partial charge in [-0.1, -0.05) is 48.0 Å². The van der Waals surface area contributed by atoms with Crippen molar-refractivity contribution in [3.05, 3.63) is 106 Å². The lowest BCUT2D eigenvalue weighted by Crippen LogP contribution is -2.25. The van der Waals surface area contributed by atoms with E-state index >= 15 is 0 Å². The number of methoxy groups -OCH3 is 1. The van der Waals surface area contributed by atoms with Gasteiger partial charge in [-0.05, 0) is 54.1 Å². The predicted octanol–water partition coefficient (Wildman–Crippen LogP) is 6.41. The van der Waals surface area contributed by atoms with Gasteiger partial charge >= 0.3 is 0 Å². The molecule has 1 aliphatic rings. The number of aliphatic imine (C=N–C) groups is 1. The normalized spacial score (nSPS) is 16.0. The number of hydrogen-bond acceptors (Lipinski definition) is 3. The van der Waals surface area contributed by atoms with Gasteiger partial charge in [-0.3, -0.25) is 4.99 Å². The molecule has 1 unspecified atom stereocenters. The molecule has 3 aromatic rings. The van der Waals surface area contributed by atoms with E-state index in [1.54, 1.807) is 7.11 Å². The molecule has 0 aromatic heterocycles. The Labute approximate surface area is 187 Å². The van der Waals surface area contributed by atoms with Crippen LogP contribution in [0.1, 0.15) is 16.7 Å². The van der Waals surface area contributed by atoms with Crippen molar-refractivity contribution in [2.24, 2.45) is 4.99 Å². The fourth-order valence-corrected chi connectivity index (χ4v) is 4.07. The van der Waals surface area contributed by atoms with Crippen molar-refractivity contribution in [1.29, 1.82) is 0 Å². The molecule has 0 bridgehead atoms. The van der Waals surface area contributed by atoms with E-state index in [-0.39, 0.29) is 6.04 Å². The van der Waals surface area contributed by atoms with Gasteiger partial charge in [-0.25, -0.2) is 0 Å². The Morgan fingerprint density at radius 1 is 1.03 bits per heavy atom. The first-order chi connectivity index (χ1) is 14.5. The molecular formula is C25H22Cl2N2O. The number of fused-ring (bicyclic) bond motifs is 1. The molecule has 0 amide bonds. The largest absolute Gasteiger partial charge is 0.497 e. The van der Waals surface area contributed by atoms with Gasteiger partial charge in [0, 0.05) is 40.3 Å². The van der Waals surface area contributed by atoms with Crippen molar-refractivity contribution in [2.45, 2.75) is 12.5 Å². The Morgan fingerprint density at radius 2 is 1.77 bits per heavy atom. The third kappa shape index (κ3) is 3.96. The molecule has 1 heterocycles. The summed E-state index contributed by atoms with van der Waals surface area (Å²) in [5.74, 6) is 0.799. The average molecular weight is 437 g/mol. The first-order valence-corrected chi connectivity index (χ1v) is 10.4. The maximum atomic E-state index is 6.44. The molecule has 1 aliphatic heterocycles. The van der Waals surface area contributed by atoms with E-state index in [0.717, 1.165) is 44.6 Å². The Bertz CT molecular complexity index is 1120. The number of rotatable bonds is 4. The van der Waals surface area contributed by atoms with Gasteiger partial charge in [0.25, 0.3) is 0 Å². The SMILES string of the molecule is C=C1C(Cc2ccccc2Cl)N=C(c2ccc(OC)cc2)c2cc(Cl)ccc2N1C. The summed E-state index contributed by atoms with van der Waals surface area (Å²) in [5, 5.41) is 1.40. The zero-order chi connectivity index (χ0) is 21.3. The third-order valence-electron chi connectivity index (χ3n) is 5.41. The number of hydrogen-bond donors (Lipinski definition) is 0. The number of nitrogens with zero attached hydrogens (tertiary/aromatic N) is 2. The third-order valence-corrected chi connectivity index (χ3v) is 6.01. The van der Waals surface area contributed by atoms with Gasteiger partial charge in [0.05, 0.1) is 24.6 Å². The highest BCUT2D eigenvalue weighted by molar-refractivity contribution is 6.32. The van der Waals surface area contributed by atoms with Crippen molar-refractivity contribution in [3.63, 3.8) is 0 Å². The monoisotopic (exact) mass is 436 g/mol. The molecule has 0 saturated heterocycles. The standard InChI is InChI=1S/C25H22Cl2N2O/c1-16-23(14-18-6-4-5-7-22(18)27)28-25(17-8-11-20(30-3)12-9-17)21-15-19(26)10-13-24(21)29(16)2/h4-13,15,23H,1,14H2,2-3H3. The van der Waals surface area contributed by atoms with Crippen LogP contribution in [-0.4, -0.2) is 25.9 Å². The van der Waals surface area contributed by atoms with E-state index in [2.05, 4.69) is 11.5 Å². The molecule has 152 valence electrons. The summed E-state index contributed by atoms with van der Waals surface area (Å²) in [6.07, 6.45) is 0.657. The first kappa shape index (κ1) is 20.5. The molecule has 0 fully saturated rings. The molecular weight excluding hydrogens is 415 g/mol. The second-order valence-electron chi connectivity index (χ2n) is 7.23. The number of halogens is 2.